The molecule has 0 aliphatic carbocycles. The molecule has 2 N–H and O–H groups in total. The molecule has 0 aliphatic heterocycles. The van der Waals surface area contributed by atoms with Crippen LogP contribution in [0.4, 0.5) is 0 Å². The molecule has 2 aromatic heterocycles. The van der Waals surface area contributed by atoms with Crippen LogP contribution in [0.25, 0.3) is 10.4 Å². The maximum absolute atomic E-state index is 11.5. The zero-order chi connectivity index (χ0) is 14.4. The van der Waals surface area contributed by atoms with Crippen molar-refractivity contribution in [1.82, 2.24) is 15.6 Å². The van der Waals surface area contributed by atoms with E-state index in [1.54, 1.807) is 23.7 Å². The number of hydrogen-bond acceptors (Lipinski definition) is 4. The Bertz CT molecular complexity index is 596. The van der Waals surface area contributed by atoms with Crippen LogP contribution in [0.1, 0.15) is 12.5 Å². The standard InChI is InChI=1S/C14H15N3O2S/c1-10(18)16-9-14(19)17-7-11-5-12(8-15-6-11)13-3-2-4-20-13/h2-6,8H,7,9H2,1H3,(H,16,18)(H,17,19). The van der Waals surface area contributed by atoms with Gasteiger partial charge in [-0.25, -0.2) is 0 Å². The number of pyridine rings is 1. The predicted octanol–water partition coefficient (Wildman–Crippen LogP) is 1.56. The fraction of sp³-hybridized carbons (Fsp3) is 0.214. The summed E-state index contributed by atoms with van der Waals surface area (Å²) >= 11 is 1.65. The first kappa shape index (κ1) is 14.2. The second-order valence-electron chi connectivity index (χ2n) is 4.25. The van der Waals surface area contributed by atoms with Crippen molar-refractivity contribution in [2.75, 3.05) is 6.54 Å². The molecule has 2 aromatic rings. The molecule has 0 atom stereocenters. The zero-order valence-corrected chi connectivity index (χ0v) is 11.9. The lowest BCUT2D eigenvalue weighted by atomic mass is 10.2. The minimum Gasteiger partial charge on any atom is -0.350 e. The first-order chi connectivity index (χ1) is 9.65. The van der Waals surface area contributed by atoms with E-state index in [4.69, 9.17) is 0 Å². The maximum atomic E-state index is 11.5. The Labute approximate surface area is 121 Å². The Kier molecular flexibility index (Phi) is 4.84. The largest absolute Gasteiger partial charge is 0.350 e. The van der Waals surface area contributed by atoms with Gasteiger partial charge in [-0.15, -0.1) is 11.3 Å². The number of aromatic nitrogens is 1. The van der Waals surface area contributed by atoms with Crippen LogP contribution in [-0.4, -0.2) is 23.3 Å². The van der Waals surface area contributed by atoms with E-state index in [2.05, 4.69) is 15.6 Å². The fourth-order valence-corrected chi connectivity index (χ4v) is 2.34. The van der Waals surface area contributed by atoms with Gasteiger partial charge in [0.25, 0.3) is 0 Å². The second-order valence-corrected chi connectivity index (χ2v) is 5.19. The van der Waals surface area contributed by atoms with Gasteiger partial charge in [-0.2, -0.15) is 0 Å². The van der Waals surface area contributed by atoms with Crippen molar-refractivity contribution in [3.8, 4) is 10.4 Å². The molecule has 20 heavy (non-hydrogen) atoms. The van der Waals surface area contributed by atoms with E-state index in [-0.39, 0.29) is 18.4 Å². The minimum absolute atomic E-state index is 0.00657. The van der Waals surface area contributed by atoms with Crippen molar-refractivity contribution in [3.63, 3.8) is 0 Å². The van der Waals surface area contributed by atoms with Crippen LogP contribution in [0.3, 0.4) is 0 Å². The lowest BCUT2D eigenvalue weighted by Crippen LogP contribution is -2.35. The van der Waals surface area contributed by atoms with E-state index in [9.17, 15) is 9.59 Å². The van der Waals surface area contributed by atoms with Crippen LogP contribution < -0.4 is 10.6 Å². The molecular weight excluding hydrogens is 274 g/mol. The number of rotatable bonds is 5. The van der Waals surface area contributed by atoms with Crippen molar-refractivity contribution in [1.29, 1.82) is 0 Å². The zero-order valence-electron chi connectivity index (χ0n) is 11.1. The molecule has 0 bridgehead atoms. The summed E-state index contributed by atoms with van der Waals surface area (Å²) in [4.78, 5) is 27.5. The Balaban J connectivity index is 1.92. The average Bonchev–Trinajstić information content (AvgIpc) is 2.97. The van der Waals surface area contributed by atoms with Gasteiger partial charge in [0.1, 0.15) is 0 Å². The topological polar surface area (TPSA) is 71.1 Å². The summed E-state index contributed by atoms with van der Waals surface area (Å²) < 4.78 is 0. The molecule has 0 spiro atoms. The average molecular weight is 289 g/mol. The number of hydrogen-bond donors (Lipinski definition) is 2. The van der Waals surface area contributed by atoms with Gasteiger partial charge in [0.15, 0.2) is 0 Å². The molecule has 2 rings (SSSR count). The third-order valence-corrected chi connectivity index (χ3v) is 3.51. The minimum atomic E-state index is -0.221. The monoisotopic (exact) mass is 289 g/mol. The predicted molar refractivity (Wildman–Crippen MR) is 78.1 cm³/mol. The van der Waals surface area contributed by atoms with E-state index in [0.29, 0.717) is 6.54 Å². The Morgan fingerprint density at radius 3 is 2.85 bits per heavy atom. The molecule has 6 heteroatoms. The first-order valence-electron chi connectivity index (χ1n) is 6.14. The maximum Gasteiger partial charge on any atom is 0.239 e. The van der Waals surface area contributed by atoms with E-state index >= 15 is 0 Å². The number of carbonyl (C=O) groups excluding carboxylic acids is 2. The Morgan fingerprint density at radius 1 is 1.30 bits per heavy atom. The molecule has 0 radical (unpaired) electrons. The number of amides is 2. The van der Waals surface area contributed by atoms with E-state index < -0.39 is 0 Å². The third kappa shape index (κ3) is 4.17. The van der Waals surface area contributed by atoms with Gasteiger partial charge in [-0.3, -0.25) is 14.6 Å². The molecule has 2 amide bonds. The van der Waals surface area contributed by atoms with Crippen LogP contribution in [0.5, 0.6) is 0 Å². The summed E-state index contributed by atoms with van der Waals surface area (Å²) in [7, 11) is 0. The van der Waals surface area contributed by atoms with E-state index in [0.717, 1.165) is 16.0 Å². The van der Waals surface area contributed by atoms with Crippen LogP contribution in [-0.2, 0) is 16.1 Å². The smallest absolute Gasteiger partial charge is 0.239 e. The number of thiophene rings is 1. The van der Waals surface area contributed by atoms with E-state index in [1.807, 2.05) is 23.6 Å². The lowest BCUT2D eigenvalue weighted by molar-refractivity contribution is -0.125. The summed E-state index contributed by atoms with van der Waals surface area (Å²) in [5, 5.41) is 7.20. The van der Waals surface area contributed by atoms with Gasteiger partial charge in [-0.1, -0.05) is 6.07 Å². The molecule has 0 unspecified atom stereocenters. The van der Waals surface area contributed by atoms with E-state index in [1.165, 1.54) is 6.92 Å². The van der Waals surface area contributed by atoms with Gasteiger partial charge >= 0.3 is 0 Å². The summed E-state index contributed by atoms with van der Waals surface area (Å²) in [5.41, 5.74) is 1.96. The summed E-state index contributed by atoms with van der Waals surface area (Å²) in [6.07, 6.45) is 3.52. The highest BCUT2D eigenvalue weighted by atomic mass is 32.1. The van der Waals surface area contributed by atoms with Crippen LogP contribution in [0, 0.1) is 0 Å². The highest BCUT2D eigenvalue weighted by molar-refractivity contribution is 7.13. The molecule has 0 aliphatic rings. The third-order valence-electron chi connectivity index (χ3n) is 2.59. The summed E-state index contributed by atoms with van der Waals surface area (Å²) in [6, 6.07) is 6.01. The van der Waals surface area contributed by atoms with Gasteiger partial charge < -0.3 is 10.6 Å². The summed E-state index contributed by atoms with van der Waals surface area (Å²) in [6.45, 7) is 1.76. The Hall–Kier alpha value is -2.21. The van der Waals surface area contributed by atoms with Crippen molar-refractivity contribution < 1.29 is 9.59 Å². The summed E-state index contributed by atoms with van der Waals surface area (Å²) in [5.74, 6) is -0.441. The molecule has 0 saturated heterocycles. The molecule has 0 aromatic carbocycles. The normalized spacial score (nSPS) is 10.1. The number of nitrogens with one attached hydrogen (secondary N) is 2. The lowest BCUT2D eigenvalue weighted by Gasteiger charge is -2.06. The first-order valence-corrected chi connectivity index (χ1v) is 7.02. The van der Waals surface area contributed by atoms with Gasteiger partial charge in [-0.05, 0) is 23.1 Å². The molecule has 0 fully saturated rings. The van der Waals surface area contributed by atoms with Crippen LogP contribution in [0.2, 0.25) is 0 Å². The quantitative estimate of drug-likeness (QED) is 0.877. The van der Waals surface area contributed by atoms with Crippen LogP contribution in [0.15, 0.2) is 36.0 Å². The molecule has 0 saturated carbocycles. The molecular formula is C14H15N3O2S. The second kappa shape index (κ2) is 6.81. The van der Waals surface area contributed by atoms with Crippen molar-refractivity contribution in [3.05, 3.63) is 41.5 Å². The SMILES string of the molecule is CC(=O)NCC(=O)NCc1cncc(-c2cccs2)c1. The van der Waals surface area contributed by atoms with Crippen LogP contribution >= 0.6 is 11.3 Å². The van der Waals surface area contributed by atoms with Gasteiger partial charge in [0, 0.05) is 36.3 Å². The van der Waals surface area contributed by atoms with Crippen molar-refractivity contribution in [2.45, 2.75) is 13.5 Å². The van der Waals surface area contributed by atoms with Gasteiger partial charge in [0.2, 0.25) is 11.8 Å². The highest BCUT2D eigenvalue weighted by Crippen LogP contribution is 2.24. The van der Waals surface area contributed by atoms with Gasteiger partial charge in [0.05, 0.1) is 6.54 Å². The molecule has 2 heterocycles. The molecule has 5 nitrogen and oxygen atoms in total. The number of nitrogens with zero attached hydrogens (tertiary/aromatic N) is 1. The number of carbonyl (C=O) groups is 2. The highest BCUT2D eigenvalue weighted by Gasteiger charge is 2.04. The van der Waals surface area contributed by atoms with Crippen molar-refractivity contribution >= 4 is 23.2 Å². The fourth-order valence-electron chi connectivity index (χ4n) is 1.63. The molecule has 104 valence electrons. The Morgan fingerprint density at radius 2 is 2.15 bits per heavy atom. The van der Waals surface area contributed by atoms with Crippen molar-refractivity contribution in [2.24, 2.45) is 0 Å².